The van der Waals surface area contributed by atoms with Crippen LogP contribution in [-0.4, -0.2) is 19.7 Å². The largest absolute Gasteiger partial charge is 0.397 e. The Balaban J connectivity index is 2.23. The maximum atomic E-state index is 5.97. The van der Waals surface area contributed by atoms with Crippen LogP contribution in [0.25, 0.3) is 17.2 Å². The molecule has 0 aliphatic heterocycles. The zero-order valence-electron chi connectivity index (χ0n) is 10.5. The fourth-order valence-corrected chi connectivity index (χ4v) is 2.01. The molecule has 0 aliphatic rings. The molecule has 2 aromatic heterocycles. The molecule has 0 unspecified atom stereocenters. The number of rotatable bonds is 2. The minimum Gasteiger partial charge on any atom is -0.397 e. The lowest BCUT2D eigenvalue weighted by atomic mass is 10.2. The smallest absolute Gasteiger partial charge is 0.189 e. The number of pyridine rings is 1. The number of nitrogen functional groups attached to an aromatic ring is 1. The number of anilines is 1. The molecule has 0 saturated heterocycles. The van der Waals surface area contributed by atoms with Gasteiger partial charge in [-0.25, -0.2) is 0 Å². The molecule has 1 aromatic carbocycles. The number of nitrogens with two attached hydrogens (primary N) is 1. The van der Waals surface area contributed by atoms with Gasteiger partial charge >= 0.3 is 0 Å². The van der Waals surface area contributed by atoms with Crippen LogP contribution in [0, 0.1) is 6.92 Å². The van der Waals surface area contributed by atoms with Gasteiger partial charge in [-0.1, -0.05) is 18.2 Å². The van der Waals surface area contributed by atoms with E-state index in [0.717, 1.165) is 11.5 Å². The summed E-state index contributed by atoms with van der Waals surface area (Å²) in [7, 11) is 0. The molecule has 5 heteroatoms. The molecule has 2 heterocycles. The van der Waals surface area contributed by atoms with Crippen LogP contribution in [0.3, 0.4) is 0 Å². The number of benzene rings is 1. The van der Waals surface area contributed by atoms with Crippen molar-refractivity contribution in [1.82, 2.24) is 19.7 Å². The maximum absolute atomic E-state index is 5.97. The van der Waals surface area contributed by atoms with Crippen molar-refractivity contribution in [3.8, 4) is 17.2 Å². The second kappa shape index (κ2) is 4.53. The van der Waals surface area contributed by atoms with Crippen molar-refractivity contribution in [2.75, 3.05) is 5.73 Å². The molecule has 0 atom stereocenters. The van der Waals surface area contributed by atoms with Crippen LogP contribution in [-0.2, 0) is 0 Å². The van der Waals surface area contributed by atoms with Crippen LogP contribution in [0.4, 0.5) is 5.69 Å². The lowest BCUT2D eigenvalue weighted by Gasteiger charge is -2.09. The first-order valence-corrected chi connectivity index (χ1v) is 5.95. The van der Waals surface area contributed by atoms with E-state index in [2.05, 4.69) is 15.2 Å². The second-order valence-electron chi connectivity index (χ2n) is 4.18. The van der Waals surface area contributed by atoms with Gasteiger partial charge in [0.15, 0.2) is 5.82 Å². The summed E-state index contributed by atoms with van der Waals surface area (Å²) in [5, 5.41) is 8.32. The molecule has 3 rings (SSSR count). The summed E-state index contributed by atoms with van der Waals surface area (Å²) >= 11 is 0. The molecule has 0 amide bonds. The molecule has 0 aliphatic carbocycles. The summed E-state index contributed by atoms with van der Waals surface area (Å²) in [6.07, 6.45) is 1.70. The van der Waals surface area contributed by atoms with Gasteiger partial charge in [-0.05, 0) is 31.2 Å². The van der Waals surface area contributed by atoms with E-state index in [0.29, 0.717) is 17.2 Å². The third kappa shape index (κ3) is 1.95. The average molecular weight is 251 g/mol. The molecular formula is C14H13N5. The number of para-hydroxylation sites is 1. The monoisotopic (exact) mass is 251 g/mol. The summed E-state index contributed by atoms with van der Waals surface area (Å²) in [6.45, 7) is 1.91. The van der Waals surface area contributed by atoms with Gasteiger partial charge in [0, 0.05) is 11.9 Å². The molecule has 19 heavy (non-hydrogen) atoms. The Hall–Kier alpha value is -2.69. The summed E-state index contributed by atoms with van der Waals surface area (Å²) in [5.74, 6) is 1.45. The van der Waals surface area contributed by atoms with Gasteiger partial charge < -0.3 is 5.73 Å². The van der Waals surface area contributed by atoms with Gasteiger partial charge in [0.1, 0.15) is 11.5 Å². The Morgan fingerprint density at radius 1 is 1.00 bits per heavy atom. The maximum Gasteiger partial charge on any atom is 0.189 e. The molecule has 3 aromatic rings. The Bertz CT molecular complexity index is 703. The van der Waals surface area contributed by atoms with E-state index < -0.39 is 0 Å². The lowest BCUT2D eigenvalue weighted by Crippen LogP contribution is -2.02. The summed E-state index contributed by atoms with van der Waals surface area (Å²) < 4.78 is 1.94. The van der Waals surface area contributed by atoms with Crippen molar-refractivity contribution in [2.24, 2.45) is 0 Å². The molecular weight excluding hydrogens is 238 g/mol. The number of aromatic nitrogens is 4. The number of hydrogen-bond donors (Lipinski definition) is 1. The van der Waals surface area contributed by atoms with Crippen LogP contribution in [0.2, 0.25) is 0 Å². The Labute approximate surface area is 110 Å². The standard InChI is InChI=1S/C14H13N5/c1-10-17-18-14(13-12(15)8-5-9-16-13)19(10)11-6-3-2-4-7-11/h2-9H,15H2,1H3. The highest BCUT2D eigenvalue weighted by Gasteiger charge is 2.15. The minimum atomic E-state index is 0.590. The fraction of sp³-hybridized carbons (Fsp3) is 0.0714. The first-order chi connectivity index (χ1) is 9.27. The van der Waals surface area contributed by atoms with Crippen molar-refractivity contribution >= 4 is 5.69 Å². The van der Waals surface area contributed by atoms with Crippen molar-refractivity contribution in [2.45, 2.75) is 6.92 Å². The summed E-state index contributed by atoms with van der Waals surface area (Å²) in [4.78, 5) is 4.30. The molecule has 0 bridgehead atoms. The van der Waals surface area contributed by atoms with Crippen molar-refractivity contribution < 1.29 is 0 Å². The molecule has 0 saturated carbocycles. The third-order valence-corrected chi connectivity index (χ3v) is 2.89. The highest BCUT2D eigenvalue weighted by Crippen LogP contribution is 2.24. The second-order valence-corrected chi connectivity index (χ2v) is 4.18. The Morgan fingerprint density at radius 3 is 2.53 bits per heavy atom. The zero-order chi connectivity index (χ0) is 13.2. The minimum absolute atomic E-state index is 0.590. The topological polar surface area (TPSA) is 69.6 Å². The molecule has 5 nitrogen and oxygen atoms in total. The number of hydrogen-bond acceptors (Lipinski definition) is 4. The first kappa shape index (κ1) is 11.4. The normalized spacial score (nSPS) is 10.6. The van der Waals surface area contributed by atoms with Crippen molar-refractivity contribution in [1.29, 1.82) is 0 Å². The SMILES string of the molecule is Cc1nnc(-c2ncccc2N)n1-c1ccccc1. The van der Waals surface area contributed by atoms with Crippen LogP contribution in [0.1, 0.15) is 5.82 Å². The van der Waals surface area contributed by atoms with Crippen LogP contribution >= 0.6 is 0 Å². The summed E-state index contributed by atoms with van der Waals surface area (Å²) in [6, 6.07) is 13.5. The summed E-state index contributed by atoms with van der Waals surface area (Å²) in [5.41, 5.74) is 8.19. The first-order valence-electron chi connectivity index (χ1n) is 5.95. The van der Waals surface area contributed by atoms with Crippen molar-refractivity contribution in [3.05, 3.63) is 54.5 Å². The van der Waals surface area contributed by atoms with Gasteiger partial charge in [0.2, 0.25) is 0 Å². The van der Waals surface area contributed by atoms with Gasteiger partial charge in [-0.3, -0.25) is 9.55 Å². The van der Waals surface area contributed by atoms with E-state index in [1.165, 1.54) is 0 Å². The Morgan fingerprint density at radius 2 is 1.79 bits per heavy atom. The van der Waals surface area contributed by atoms with E-state index in [-0.39, 0.29) is 0 Å². The Kier molecular flexibility index (Phi) is 2.72. The van der Waals surface area contributed by atoms with Gasteiger partial charge in [-0.2, -0.15) is 0 Å². The lowest BCUT2D eigenvalue weighted by molar-refractivity contribution is 0.970. The number of aryl methyl sites for hydroxylation is 1. The molecule has 0 fully saturated rings. The zero-order valence-corrected chi connectivity index (χ0v) is 10.5. The van der Waals surface area contributed by atoms with Gasteiger partial charge in [0.25, 0.3) is 0 Å². The van der Waals surface area contributed by atoms with E-state index in [1.807, 2.05) is 47.9 Å². The average Bonchev–Trinajstić information content (AvgIpc) is 2.82. The van der Waals surface area contributed by atoms with Crippen LogP contribution in [0.15, 0.2) is 48.7 Å². The van der Waals surface area contributed by atoms with Crippen LogP contribution < -0.4 is 5.73 Å². The van der Waals surface area contributed by atoms with Gasteiger partial charge in [0.05, 0.1) is 5.69 Å². The van der Waals surface area contributed by atoms with E-state index in [4.69, 9.17) is 5.73 Å². The third-order valence-electron chi connectivity index (χ3n) is 2.89. The predicted octanol–water partition coefficient (Wildman–Crippen LogP) is 2.22. The highest BCUT2D eigenvalue weighted by molar-refractivity contribution is 5.68. The molecule has 2 N–H and O–H groups in total. The van der Waals surface area contributed by atoms with E-state index in [1.54, 1.807) is 12.3 Å². The van der Waals surface area contributed by atoms with Crippen molar-refractivity contribution in [3.63, 3.8) is 0 Å². The quantitative estimate of drug-likeness (QED) is 0.758. The molecule has 94 valence electrons. The van der Waals surface area contributed by atoms with E-state index >= 15 is 0 Å². The molecule has 0 radical (unpaired) electrons. The highest BCUT2D eigenvalue weighted by atomic mass is 15.3. The molecule has 0 spiro atoms. The van der Waals surface area contributed by atoms with E-state index in [9.17, 15) is 0 Å². The predicted molar refractivity (Wildman–Crippen MR) is 73.7 cm³/mol. The number of nitrogens with zero attached hydrogens (tertiary/aromatic N) is 4. The van der Waals surface area contributed by atoms with Gasteiger partial charge in [-0.15, -0.1) is 10.2 Å². The fourth-order valence-electron chi connectivity index (χ4n) is 2.01. The van der Waals surface area contributed by atoms with Crippen LogP contribution in [0.5, 0.6) is 0 Å².